The number of hydrogen-bond donors (Lipinski definition) is 1. The molecule has 0 aromatic carbocycles. The molecule has 1 atom stereocenters. The summed E-state index contributed by atoms with van der Waals surface area (Å²) in [6, 6.07) is 1.50. The predicted octanol–water partition coefficient (Wildman–Crippen LogP) is 3.06. The maximum atomic E-state index is 13.5. The summed E-state index contributed by atoms with van der Waals surface area (Å²) >= 11 is 2.98. The molecule has 78 valence electrons. The molecule has 0 aliphatic heterocycles. The molecule has 1 aromatic rings. The van der Waals surface area contributed by atoms with Crippen molar-refractivity contribution in [3.63, 3.8) is 0 Å². The van der Waals surface area contributed by atoms with Crippen LogP contribution in [0.3, 0.4) is 0 Å². The van der Waals surface area contributed by atoms with Gasteiger partial charge in [0.05, 0.1) is 6.10 Å². The van der Waals surface area contributed by atoms with Gasteiger partial charge in [-0.3, -0.25) is 0 Å². The number of aliphatic hydroxyl groups is 1. The van der Waals surface area contributed by atoms with Gasteiger partial charge in [-0.2, -0.15) is 0 Å². The van der Waals surface area contributed by atoms with Gasteiger partial charge in [0.25, 0.3) is 0 Å². The first-order chi connectivity index (χ1) is 6.34. The van der Waals surface area contributed by atoms with Crippen LogP contribution in [0.25, 0.3) is 0 Å². The molecular formula is C10H13BrFNO. The number of rotatable bonds is 1. The second-order valence-electron chi connectivity index (χ2n) is 4.27. The fourth-order valence-corrected chi connectivity index (χ4v) is 1.46. The van der Waals surface area contributed by atoms with Crippen LogP contribution < -0.4 is 0 Å². The average Bonchev–Trinajstić information content (AvgIpc) is 2.07. The second kappa shape index (κ2) is 3.95. The number of aromatic nitrogens is 1. The van der Waals surface area contributed by atoms with Gasteiger partial charge in [0.2, 0.25) is 0 Å². The van der Waals surface area contributed by atoms with Gasteiger partial charge in [0.1, 0.15) is 4.60 Å². The Bertz CT molecular complexity index is 335. The monoisotopic (exact) mass is 261 g/mol. The molecule has 0 amide bonds. The molecule has 1 rings (SSSR count). The number of halogens is 2. The van der Waals surface area contributed by atoms with Gasteiger partial charge in [-0.25, -0.2) is 9.37 Å². The number of aliphatic hydroxyl groups excluding tert-OH is 1. The summed E-state index contributed by atoms with van der Waals surface area (Å²) in [5.74, 6) is -0.491. The van der Waals surface area contributed by atoms with Crippen LogP contribution >= 0.6 is 15.9 Å². The highest BCUT2D eigenvalue weighted by Crippen LogP contribution is 2.34. The van der Waals surface area contributed by atoms with E-state index in [4.69, 9.17) is 0 Å². The van der Waals surface area contributed by atoms with Crippen LogP contribution in [-0.2, 0) is 0 Å². The summed E-state index contributed by atoms with van der Waals surface area (Å²) in [6.45, 7) is 5.56. The summed E-state index contributed by atoms with van der Waals surface area (Å²) < 4.78 is 13.7. The molecule has 0 aliphatic carbocycles. The zero-order chi connectivity index (χ0) is 10.9. The van der Waals surface area contributed by atoms with Crippen LogP contribution in [-0.4, -0.2) is 10.1 Å². The zero-order valence-electron chi connectivity index (χ0n) is 8.38. The Morgan fingerprint density at radius 1 is 1.50 bits per heavy atom. The van der Waals surface area contributed by atoms with Crippen molar-refractivity contribution in [2.45, 2.75) is 26.9 Å². The van der Waals surface area contributed by atoms with Crippen molar-refractivity contribution in [2.24, 2.45) is 5.41 Å². The molecule has 1 N–H and O–H groups in total. The van der Waals surface area contributed by atoms with Crippen molar-refractivity contribution >= 4 is 15.9 Å². The van der Waals surface area contributed by atoms with E-state index in [-0.39, 0.29) is 15.6 Å². The summed E-state index contributed by atoms with van der Waals surface area (Å²) in [6.07, 6.45) is 0.638. The predicted molar refractivity (Wildman–Crippen MR) is 56.3 cm³/mol. The molecule has 2 nitrogen and oxygen atoms in total. The molecule has 0 bridgehead atoms. The quantitative estimate of drug-likeness (QED) is 0.789. The molecular weight excluding hydrogens is 249 g/mol. The fraction of sp³-hybridized carbons (Fsp3) is 0.500. The van der Waals surface area contributed by atoms with Crippen LogP contribution in [0.1, 0.15) is 32.4 Å². The van der Waals surface area contributed by atoms with Gasteiger partial charge in [-0.05, 0) is 27.4 Å². The third kappa shape index (κ3) is 2.30. The standard InChI is InChI=1S/C10H13BrFNO/c1-10(2,3)8(14)6-4-5-13-9(11)7(6)12/h4-5,8,14H,1-3H3. The Labute approximate surface area is 91.3 Å². The van der Waals surface area contributed by atoms with E-state index >= 15 is 0 Å². The van der Waals surface area contributed by atoms with E-state index in [0.29, 0.717) is 0 Å². The Kier molecular flexibility index (Phi) is 3.27. The topological polar surface area (TPSA) is 33.1 Å². The lowest BCUT2D eigenvalue weighted by Crippen LogP contribution is -2.19. The van der Waals surface area contributed by atoms with E-state index in [1.54, 1.807) is 0 Å². The first kappa shape index (κ1) is 11.6. The first-order valence-electron chi connectivity index (χ1n) is 4.32. The van der Waals surface area contributed by atoms with E-state index in [0.717, 1.165) is 0 Å². The summed E-state index contributed by atoms with van der Waals surface area (Å²) in [4.78, 5) is 3.73. The van der Waals surface area contributed by atoms with Crippen LogP contribution in [0, 0.1) is 11.2 Å². The fourth-order valence-electron chi connectivity index (χ4n) is 1.11. The Morgan fingerprint density at radius 3 is 2.57 bits per heavy atom. The van der Waals surface area contributed by atoms with E-state index in [1.807, 2.05) is 20.8 Å². The molecule has 14 heavy (non-hydrogen) atoms. The van der Waals surface area contributed by atoms with Crippen LogP contribution in [0.4, 0.5) is 4.39 Å². The lowest BCUT2D eigenvalue weighted by atomic mass is 9.85. The Morgan fingerprint density at radius 2 is 2.07 bits per heavy atom. The van der Waals surface area contributed by atoms with Gasteiger partial charge >= 0.3 is 0 Å². The largest absolute Gasteiger partial charge is 0.388 e. The van der Waals surface area contributed by atoms with Crippen molar-refractivity contribution in [3.8, 4) is 0 Å². The highest BCUT2D eigenvalue weighted by atomic mass is 79.9. The minimum absolute atomic E-state index is 0.137. The highest BCUT2D eigenvalue weighted by molar-refractivity contribution is 9.10. The Hall–Kier alpha value is -0.480. The molecule has 1 heterocycles. The Balaban J connectivity index is 3.14. The lowest BCUT2D eigenvalue weighted by Gasteiger charge is -2.26. The lowest BCUT2D eigenvalue weighted by molar-refractivity contribution is 0.0592. The smallest absolute Gasteiger partial charge is 0.161 e. The zero-order valence-corrected chi connectivity index (χ0v) is 9.97. The number of nitrogens with zero attached hydrogens (tertiary/aromatic N) is 1. The van der Waals surface area contributed by atoms with Crippen molar-refractivity contribution in [2.75, 3.05) is 0 Å². The third-order valence-corrected chi connectivity index (χ3v) is 2.54. The molecule has 0 saturated carbocycles. The second-order valence-corrected chi connectivity index (χ2v) is 5.02. The van der Waals surface area contributed by atoms with Gasteiger partial charge < -0.3 is 5.11 Å². The van der Waals surface area contributed by atoms with Crippen molar-refractivity contribution in [1.82, 2.24) is 4.98 Å². The van der Waals surface area contributed by atoms with E-state index in [9.17, 15) is 9.50 Å². The van der Waals surface area contributed by atoms with Gasteiger partial charge in [0.15, 0.2) is 5.82 Å². The minimum atomic E-state index is -0.832. The summed E-state index contributed by atoms with van der Waals surface area (Å²) in [5.41, 5.74) is -0.110. The first-order valence-corrected chi connectivity index (χ1v) is 5.11. The molecule has 0 spiro atoms. The van der Waals surface area contributed by atoms with Crippen LogP contribution in [0.2, 0.25) is 0 Å². The molecule has 0 aliphatic rings. The normalized spacial score (nSPS) is 14.1. The number of pyridine rings is 1. The molecule has 1 unspecified atom stereocenters. The molecule has 0 fully saturated rings. The van der Waals surface area contributed by atoms with Gasteiger partial charge in [-0.15, -0.1) is 0 Å². The van der Waals surface area contributed by atoms with E-state index in [1.165, 1.54) is 12.3 Å². The molecule has 4 heteroatoms. The van der Waals surface area contributed by atoms with Gasteiger partial charge in [0, 0.05) is 11.8 Å². The molecule has 0 radical (unpaired) electrons. The van der Waals surface area contributed by atoms with Crippen LogP contribution in [0.5, 0.6) is 0 Å². The SMILES string of the molecule is CC(C)(C)C(O)c1ccnc(Br)c1F. The van der Waals surface area contributed by atoms with Crippen molar-refractivity contribution in [3.05, 3.63) is 28.2 Å². The minimum Gasteiger partial charge on any atom is -0.388 e. The average molecular weight is 262 g/mol. The van der Waals surface area contributed by atoms with Crippen LogP contribution in [0.15, 0.2) is 16.9 Å². The maximum absolute atomic E-state index is 13.5. The van der Waals surface area contributed by atoms with Crippen molar-refractivity contribution < 1.29 is 9.50 Å². The summed E-state index contributed by atoms with van der Waals surface area (Å²) in [5, 5.41) is 9.87. The maximum Gasteiger partial charge on any atom is 0.161 e. The highest BCUT2D eigenvalue weighted by Gasteiger charge is 2.27. The van der Waals surface area contributed by atoms with E-state index in [2.05, 4.69) is 20.9 Å². The molecule has 0 saturated heterocycles. The number of hydrogen-bond acceptors (Lipinski definition) is 2. The molecule has 1 aromatic heterocycles. The van der Waals surface area contributed by atoms with Gasteiger partial charge in [-0.1, -0.05) is 20.8 Å². The summed E-state index contributed by atoms with van der Waals surface area (Å²) in [7, 11) is 0. The van der Waals surface area contributed by atoms with Crippen molar-refractivity contribution in [1.29, 1.82) is 0 Å². The van der Waals surface area contributed by atoms with E-state index < -0.39 is 11.9 Å². The third-order valence-electron chi connectivity index (χ3n) is 1.99.